The van der Waals surface area contributed by atoms with E-state index in [1.165, 1.54) is 6.20 Å². The van der Waals surface area contributed by atoms with Crippen molar-refractivity contribution in [2.24, 2.45) is 5.73 Å². The molecule has 0 saturated carbocycles. The highest BCUT2D eigenvalue weighted by Crippen LogP contribution is 2.20. The molecule has 0 unspecified atom stereocenters. The molecular formula is C12H12N2O2. The molecule has 4 N–H and O–H groups in total. The number of carboxylic acids is 1. The number of hydrogen-bond acceptors (Lipinski definition) is 2. The standard InChI is InChI=1S/C12H12N2O2/c13-5-1-2-8-3-4-11-9(6-8)10(7-14-11)12(15)16/h1-4,6-7,14H,5,13H2,(H,15,16). The van der Waals surface area contributed by atoms with E-state index in [9.17, 15) is 4.79 Å². The predicted octanol–water partition coefficient (Wildman–Crippen LogP) is 1.84. The molecule has 0 amide bonds. The van der Waals surface area contributed by atoms with Crippen LogP contribution in [-0.2, 0) is 0 Å². The van der Waals surface area contributed by atoms with Gasteiger partial charge in [0.25, 0.3) is 0 Å². The van der Waals surface area contributed by atoms with E-state index >= 15 is 0 Å². The maximum Gasteiger partial charge on any atom is 0.337 e. The van der Waals surface area contributed by atoms with Crippen molar-refractivity contribution < 1.29 is 9.90 Å². The van der Waals surface area contributed by atoms with Crippen LogP contribution < -0.4 is 5.73 Å². The summed E-state index contributed by atoms with van der Waals surface area (Å²) in [4.78, 5) is 13.9. The molecule has 1 aromatic carbocycles. The van der Waals surface area contributed by atoms with E-state index in [-0.39, 0.29) is 5.56 Å². The van der Waals surface area contributed by atoms with E-state index in [0.717, 1.165) is 11.1 Å². The number of nitrogens with two attached hydrogens (primary N) is 1. The number of carboxylic acid groups (broad SMARTS) is 1. The normalized spacial score (nSPS) is 11.3. The lowest BCUT2D eigenvalue weighted by Crippen LogP contribution is -1.94. The molecule has 0 spiro atoms. The number of rotatable bonds is 3. The van der Waals surface area contributed by atoms with Gasteiger partial charge in [-0.3, -0.25) is 0 Å². The molecule has 1 heterocycles. The van der Waals surface area contributed by atoms with Gasteiger partial charge >= 0.3 is 5.97 Å². The van der Waals surface area contributed by atoms with Crippen molar-refractivity contribution in [3.05, 3.63) is 41.6 Å². The Morgan fingerprint density at radius 1 is 1.50 bits per heavy atom. The third-order valence-electron chi connectivity index (χ3n) is 2.38. The van der Waals surface area contributed by atoms with Crippen molar-refractivity contribution >= 4 is 22.9 Å². The van der Waals surface area contributed by atoms with E-state index in [1.807, 2.05) is 30.4 Å². The largest absolute Gasteiger partial charge is 0.478 e. The maximum atomic E-state index is 10.9. The average molecular weight is 216 g/mol. The highest BCUT2D eigenvalue weighted by atomic mass is 16.4. The maximum absolute atomic E-state index is 10.9. The summed E-state index contributed by atoms with van der Waals surface area (Å²) >= 11 is 0. The molecule has 0 fully saturated rings. The molecule has 0 bridgehead atoms. The zero-order valence-electron chi connectivity index (χ0n) is 8.60. The lowest BCUT2D eigenvalue weighted by atomic mass is 10.1. The highest BCUT2D eigenvalue weighted by molar-refractivity contribution is 6.03. The molecule has 16 heavy (non-hydrogen) atoms. The van der Waals surface area contributed by atoms with E-state index in [2.05, 4.69) is 4.98 Å². The molecule has 82 valence electrons. The zero-order valence-corrected chi connectivity index (χ0v) is 8.60. The smallest absolute Gasteiger partial charge is 0.337 e. The second-order valence-electron chi connectivity index (χ2n) is 3.45. The second-order valence-corrected chi connectivity index (χ2v) is 3.45. The Morgan fingerprint density at radius 3 is 3.00 bits per heavy atom. The van der Waals surface area contributed by atoms with Crippen LogP contribution in [0.25, 0.3) is 17.0 Å². The number of carbonyl (C=O) groups is 1. The Morgan fingerprint density at radius 2 is 2.31 bits per heavy atom. The lowest BCUT2D eigenvalue weighted by molar-refractivity contribution is 0.0699. The van der Waals surface area contributed by atoms with Gasteiger partial charge in [0.1, 0.15) is 0 Å². The summed E-state index contributed by atoms with van der Waals surface area (Å²) in [6.07, 6.45) is 5.20. The van der Waals surface area contributed by atoms with Gasteiger partial charge in [-0.2, -0.15) is 0 Å². The Bertz CT molecular complexity index is 555. The van der Waals surface area contributed by atoms with Crippen LogP contribution in [-0.4, -0.2) is 22.6 Å². The van der Waals surface area contributed by atoms with Gasteiger partial charge in [0.2, 0.25) is 0 Å². The fourth-order valence-corrected chi connectivity index (χ4v) is 1.62. The molecule has 2 aromatic rings. The number of aromatic carboxylic acids is 1. The van der Waals surface area contributed by atoms with Crippen molar-refractivity contribution in [3.8, 4) is 0 Å². The quantitative estimate of drug-likeness (QED) is 0.732. The predicted molar refractivity (Wildman–Crippen MR) is 63.3 cm³/mol. The minimum absolute atomic E-state index is 0.290. The first-order valence-electron chi connectivity index (χ1n) is 4.93. The van der Waals surface area contributed by atoms with Crippen molar-refractivity contribution in [2.45, 2.75) is 0 Å². The third kappa shape index (κ3) is 1.83. The Balaban J connectivity index is 2.54. The molecule has 4 nitrogen and oxygen atoms in total. The van der Waals surface area contributed by atoms with Gasteiger partial charge in [0, 0.05) is 23.6 Å². The number of aromatic amines is 1. The van der Waals surface area contributed by atoms with Gasteiger partial charge in [-0.25, -0.2) is 4.79 Å². The van der Waals surface area contributed by atoms with Crippen LogP contribution in [0.15, 0.2) is 30.5 Å². The number of H-pyrrole nitrogens is 1. The first-order chi connectivity index (χ1) is 7.72. The fraction of sp³-hybridized carbons (Fsp3) is 0.0833. The van der Waals surface area contributed by atoms with Crippen molar-refractivity contribution in [1.29, 1.82) is 0 Å². The van der Waals surface area contributed by atoms with E-state index in [0.29, 0.717) is 11.9 Å². The van der Waals surface area contributed by atoms with E-state index in [1.54, 1.807) is 0 Å². The van der Waals surface area contributed by atoms with Crippen LogP contribution in [0.1, 0.15) is 15.9 Å². The summed E-state index contributed by atoms with van der Waals surface area (Å²) in [5.74, 6) is -0.925. The molecule has 2 rings (SSSR count). The number of fused-ring (bicyclic) bond motifs is 1. The molecule has 1 aromatic heterocycles. The number of benzene rings is 1. The van der Waals surface area contributed by atoms with Gasteiger partial charge in [-0.05, 0) is 17.7 Å². The fourth-order valence-electron chi connectivity index (χ4n) is 1.62. The summed E-state index contributed by atoms with van der Waals surface area (Å²) in [5.41, 5.74) is 7.42. The topological polar surface area (TPSA) is 79.1 Å². The number of nitrogens with one attached hydrogen (secondary N) is 1. The van der Waals surface area contributed by atoms with E-state index in [4.69, 9.17) is 10.8 Å². The first-order valence-corrected chi connectivity index (χ1v) is 4.93. The van der Waals surface area contributed by atoms with Crippen molar-refractivity contribution in [2.75, 3.05) is 6.54 Å². The minimum atomic E-state index is -0.925. The summed E-state index contributed by atoms with van der Waals surface area (Å²) in [7, 11) is 0. The molecule has 0 aliphatic rings. The van der Waals surface area contributed by atoms with Gasteiger partial charge in [-0.15, -0.1) is 0 Å². The summed E-state index contributed by atoms with van der Waals surface area (Å²) in [5, 5.41) is 9.70. The van der Waals surface area contributed by atoms with Crippen LogP contribution in [0.5, 0.6) is 0 Å². The molecule has 0 saturated heterocycles. The molecule has 0 aliphatic heterocycles. The van der Waals surface area contributed by atoms with Crippen LogP contribution in [0.4, 0.5) is 0 Å². The van der Waals surface area contributed by atoms with Crippen LogP contribution in [0.3, 0.4) is 0 Å². The van der Waals surface area contributed by atoms with Crippen molar-refractivity contribution in [1.82, 2.24) is 4.98 Å². The SMILES string of the molecule is NCC=Cc1ccc2[nH]cc(C(=O)O)c2c1. The Hall–Kier alpha value is -2.07. The summed E-state index contributed by atoms with van der Waals surface area (Å²) < 4.78 is 0. The first kappa shape index (κ1) is 10.4. The van der Waals surface area contributed by atoms with Crippen LogP contribution >= 0.6 is 0 Å². The van der Waals surface area contributed by atoms with E-state index < -0.39 is 5.97 Å². The monoisotopic (exact) mass is 216 g/mol. The van der Waals surface area contributed by atoms with Crippen molar-refractivity contribution in [3.63, 3.8) is 0 Å². The Labute approximate surface area is 92.4 Å². The second kappa shape index (κ2) is 4.20. The molecule has 0 radical (unpaired) electrons. The van der Waals surface area contributed by atoms with Crippen LogP contribution in [0.2, 0.25) is 0 Å². The minimum Gasteiger partial charge on any atom is -0.478 e. The average Bonchev–Trinajstić information content (AvgIpc) is 2.69. The highest BCUT2D eigenvalue weighted by Gasteiger charge is 2.09. The van der Waals surface area contributed by atoms with Crippen LogP contribution in [0, 0.1) is 0 Å². The van der Waals surface area contributed by atoms with Gasteiger partial charge in [0.05, 0.1) is 5.56 Å². The molecule has 0 aliphatic carbocycles. The van der Waals surface area contributed by atoms with Gasteiger partial charge in [-0.1, -0.05) is 18.2 Å². The summed E-state index contributed by atoms with van der Waals surface area (Å²) in [6, 6.07) is 5.61. The van der Waals surface area contributed by atoms with Gasteiger partial charge in [0.15, 0.2) is 0 Å². The lowest BCUT2D eigenvalue weighted by Gasteiger charge is -1.96. The number of hydrogen-bond donors (Lipinski definition) is 3. The van der Waals surface area contributed by atoms with Gasteiger partial charge < -0.3 is 15.8 Å². The molecular weight excluding hydrogens is 204 g/mol. The molecule has 0 atom stereocenters. The molecule has 4 heteroatoms. The Kier molecular flexibility index (Phi) is 2.74. The summed E-state index contributed by atoms with van der Waals surface area (Å²) in [6.45, 7) is 0.469. The third-order valence-corrected chi connectivity index (χ3v) is 2.38. The number of aromatic nitrogens is 1. The zero-order chi connectivity index (χ0) is 11.5.